The third-order valence-electron chi connectivity index (χ3n) is 5.64. The summed E-state index contributed by atoms with van der Waals surface area (Å²) in [6, 6.07) is 12.0. The van der Waals surface area contributed by atoms with E-state index in [4.69, 9.17) is 22.6 Å². The molecule has 0 bridgehead atoms. The van der Waals surface area contributed by atoms with Gasteiger partial charge in [0.25, 0.3) is 15.9 Å². The van der Waals surface area contributed by atoms with Gasteiger partial charge in [-0.25, -0.2) is 17.9 Å². The van der Waals surface area contributed by atoms with Gasteiger partial charge in [-0.2, -0.15) is 0 Å². The number of methoxy groups -OCH3 is 1. The fraction of sp³-hybridized carbons (Fsp3) is 0.481. The van der Waals surface area contributed by atoms with Crippen LogP contribution in [0.4, 0.5) is 0 Å². The van der Waals surface area contributed by atoms with Crippen molar-refractivity contribution in [3.63, 3.8) is 0 Å². The van der Waals surface area contributed by atoms with Crippen LogP contribution in [0.1, 0.15) is 91.8 Å². The predicted octanol–water partition coefficient (Wildman–Crippen LogP) is -1.54. The number of nitrogens with one attached hydrogen (secondary N) is 1. The molecule has 2 aromatic rings. The summed E-state index contributed by atoms with van der Waals surface area (Å²) in [5.74, 6) is -0.812. The van der Waals surface area contributed by atoms with E-state index in [0.29, 0.717) is 5.56 Å². The number of amides is 1. The molecule has 0 aliphatic carbocycles. The van der Waals surface area contributed by atoms with Crippen LogP contribution in [-0.2, 0) is 25.2 Å². The first kappa shape index (κ1) is 47.4. The van der Waals surface area contributed by atoms with Crippen LogP contribution >= 0.6 is 0 Å². The quantitative estimate of drug-likeness (QED) is 0.0933. The number of hydrogen-bond donors (Lipinski definition) is 2. The first-order valence-electron chi connectivity index (χ1n) is 13.5. The van der Waals surface area contributed by atoms with E-state index in [1.165, 1.54) is 139 Å². The number of unbranched alkanes of at least 4 members (excludes halogenated alkanes) is 9. The predicted molar refractivity (Wildman–Crippen MR) is 153 cm³/mol. The molecule has 1 aliphatic heterocycles. The van der Waals surface area contributed by atoms with Gasteiger partial charge in [0.15, 0.2) is 0 Å². The minimum atomic E-state index is -5.17. The van der Waals surface area contributed by atoms with E-state index in [0.717, 1.165) is 0 Å². The maximum Gasteiger partial charge on any atom is 1.00 e. The van der Waals surface area contributed by atoms with E-state index < -0.39 is 32.3 Å². The average molecular weight is 670 g/mol. The zero-order valence-corrected chi connectivity index (χ0v) is 33.5. The number of hydrogen-bond acceptors (Lipinski definition) is 10. The van der Waals surface area contributed by atoms with Crippen LogP contribution in [-0.4, -0.2) is 78.0 Å². The zero-order valence-electron chi connectivity index (χ0n) is 25.8. The Kier molecular flexibility index (Phi) is 29.9. The molecule has 11 nitrogen and oxygen atoms in total. The van der Waals surface area contributed by atoms with Crippen LogP contribution in [0.5, 0.6) is 5.75 Å². The molecule has 0 aromatic heterocycles. The van der Waals surface area contributed by atoms with Crippen LogP contribution in [0.25, 0.3) is 0 Å². The van der Waals surface area contributed by atoms with Crippen LogP contribution in [0.15, 0.2) is 53.4 Å². The van der Waals surface area contributed by atoms with Gasteiger partial charge < -0.3 is 18.9 Å². The Balaban J connectivity index is -0.000000507. The number of esters is 1. The first-order chi connectivity index (χ1) is 19.3. The van der Waals surface area contributed by atoms with E-state index in [9.17, 15) is 18.0 Å². The standard InChI is InChI=1S/C12H25.C8H8O3.C7H5NO3S.3Na.H2O4S/c1-3-5-7-9-11-12-10-8-6-4-2;1-11-8(10)6-2-4-7(9)5-3-6;9-7-5-3-1-2-4-6(5)12(10,11)8-7;;;;1-5(2,3)4/h1,3-12H2,2H3;2-5,9H,1H3;1-4H,(H,8,9);;;;(H2,1,2,3,4)/q;;;;2*+1;/p-2. The van der Waals surface area contributed by atoms with Crippen LogP contribution in [0.3, 0.4) is 0 Å². The molecule has 0 saturated carbocycles. The van der Waals surface area contributed by atoms with Crippen molar-refractivity contribution in [2.24, 2.45) is 0 Å². The largest absolute Gasteiger partial charge is 1.00 e. The minimum absolute atomic E-state index is 0. The molecule has 1 aliphatic rings. The smallest absolute Gasteiger partial charge is 0.759 e. The van der Waals surface area contributed by atoms with E-state index in [1.807, 2.05) is 4.72 Å². The number of ether oxygens (including phenoxy) is 1. The number of carbonyl (C=O) groups is 2. The van der Waals surface area contributed by atoms with Crippen molar-refractivity contribution in [1.29, 1.82) is 0 Å². The summed E-state index contributed by atoms with van der Waals surface area (Å²) in [5, 5.41) is 8.86. The second-order valence-electron chi connectivity index (χ2n) is 9.06. The summed E-state index contributed by atoms with van der Waals surface area (Å²) in [5.41, 5.74) is 0.655. The summed E-state index contributed by atoms with van der Waals surface area (Å²) in [7, 11) is -7.41. The van der Waals surface area contributed by atoms with E-state index in [1.54, 1.807) is 12.1 Å². The second kappa shape index (κ2) is 27.1. The molecule has 0 unspecified atom stereocenters. The number of phenols is 1. The number of phenolic OH excluding ortho intramolecular Hbond substituents is 1. The molecule has 0 saturated heterocycles. The number of aromatic hydroxyl groups is 1. The Morgan fingerprint density at radius 2 is 1.33 bits per heavy atom. The second-order valence-corrected chi connectivity index (χ2v) is 12.5. The van der Waals surface area contributed by atoms with Gasteiger partial charge in [-0.05, 0) is 36.4 Å². The van der Waals surface area contributed by atoms with Gasteiger partial charge in [0, 0.05) is 10.4 Å². The molecule has 2 N–H and O–H groups in total. The molecule has 43 heavy (non-hydrogen) atoms. The number of rotatable bonds is 11. The van der Waals surface area contributed by atoms with E-state index >= 15 is 0 Å². The Morgan fingerprint density at radius 1 is 0.884 bits per heavy atom. The van der Waals surface area contributed by atoms with Crippen molar-refractivity contribution >= 4 is 60.2 Å². The third-order valence-corrected chi connectivity index (χ3v) is 7.74. The SMILES string of the molecule is CCCCCCCCCCC[CH2][Na].COC(=O)c1ccc(O)cc1.O=C1NS(=O)(=O)c2ccccc21.O=S(=O)([O-])[O-].[Na+].[Na+]. The summed E-state index contributed by atoms with van der Waals surface area (Å²) in [6.07, 6.45) is 14.7. The van der Waals surface area contributed by atoms with E-state index in [-0.39, 0.29) is 75.3 Å². The molecule has 226 valence electrons. The molecule has 1 amide bonds. The molecule has 0 atom stereocenters. The van der Waals surface area contributed by atoms with Gasteiger partial charge in [-0.15, -0.1) is 0 Å². The monoisotopic (exact) mass is 669 g/mol. The fourth-order valence-electron chi connectivity index (χ4n) is 3.57. The molecule has 1 heterocycles. The summed E-state index contributed by atoms with van der Waals surface area (Å²) in [4.78, 5) is 21.9. The molecular weight excluding hydrogens is 631 g/mol. The van der Waals surface area contributed by atoms with Gasteiger partial charge >= 0.3 is 168 Å². The van der Waals surface area contributed by atoms with Gasteiger partial charge in [0.1, 0.15) is 10.6 Å². The Bertz CT molecular complexity index is 1240. The van der Waals surface area contributed by atoms with Crippen molar-refractivity contribution in [2.45, 2.75) is 79.7 Å². The third kappa shape index (κ3) is 24.9. The van der Waals surface area contributed by atoms with Crippen molar-refractivity contribution in [1.82, 2.24) is 4.72 Å². The number of carbonyl (C=O) groups excluding carboxylic acids is 2. The first-order valence-corrected chi connectivity index (χ1v) is 17.7. The topological polar surface area (TPSA) is 190 Å². The van der Waals surface area contributed by atoms with Gasteiger partial charge in [-0.3, -0.25) is 13.2 Å². The molecule has 2 aromatic carbocycles. The van der Waals surface area contributed by atoms with Gasteiger partial charge in [0.05, 0.1) is 18.2 Å². The summed E-state index contributed by atoms with van der Waals surface area (Å²) >= 11 is 1.41. The maximum atomic E-state index is 11.1. The molecule has 0 spiro atoms. The van der Waals surface area contributed by atoms with Gasteiger partial charge in [0.2, 0.25) is 0 Å². The minimum Gasteiger partial charge on any atom is -0.759 e. The summed E-state index contributed by atoms with van der Waals surface area (Å²) in [6.45, 7) is 2.29. The van der Waals surface area contributed by atoms with Crippen LogP contribution in [0, 0.1) is 0 Å². The Hall–Kier alpha value is 0.000000000000000222. The number of benzene rings is 2. The Morgan fingerprint density at radius 3 is 1.74 bits per heavy atom. The average Bonchev–Trinajstić information content (AvgIpc) is 3.15. The van der Waals surface area contributed by atoms with Crippen molar-refractivity contribution < 1.29 is 104 Å². The van der Waals surface area contributed by atoms with Crippen molar-refractivity contribution in [3.05, 3.63) is 59.7 Å². The van der Waals surface area contributed by atoms with E-state index in [2.05, 4.69) is 11.7 Å². The van der Waals surface area contributed by atoms with Gasteiger partial charge in [-0.1, -0.05) is 12.1 Å². The molecule has 0 fully saturated rings. The van der Waals surface area contributed by atoms with Crippen molar-refractivity contribution in [2.75, 3.05) is 7.11 Å². The molecule has 16 heteroatoms. The summed E-state index contributed by atoms with van der Waals surface area (Å²) < 4.78 is 64.2. The maximum absolute atomic E-state index is 11.1. The van der Waals surface area contributed by atoms with Crippen LogP contribution < -0.4 is 63.8 Å². The normalized spacial score (nSPS) is 12.1. The fourth-order valence-corrected chi connectivity index (χ4v) is 5.25. The Labute approximate surface area is 318 Å². The zero-order chi connectivity index (χ0) is 31.3. The number of fused-ring (bicyclic) bond motifs is 1. The molecule has 0 radical (unpaired) electrons. The van der Waals surface area contributed by atoms with Crippen molar-refractivity contribution in [3.8, 4) is 5.75 Å². The molecular formula is C27H38NNa3O10S2. The number of sulfonamides is 1. The van der Waals surface area contributed by atoms with Crippen LogP contribution in [0.2, 0.25) is 3.67 Å². The molecule has 3 rings (SSSR count).